The molecular formula is C18H18N2O2S. The first-order chi connectivity index (χ1) is 11.1. The van der Waals surface area contributed by atoms with Crippen molar-refractivity contribution in [3.63, 3.8) is 0 Å². The first-order valence-electron chi connectivity index (χ1n) is 7.54. The highest BCUT2D eigenvalue weighted by Crippen LogP contribution is 2.35. The normalized spacial score (nSPS) is 18.2. The van der Waals surface area contributed by atoms with Crippen LogP contribution in [-0.2, 0) is 4.79 Å². The summed E-state index contributed by atoms with van der Waals surface area (Å²) in [4.78, 5) is 26.6. The molecule has 1 aliphatic heterocycles. The second-order valence-electron chi connectivity index (χ2n) is 5.44. The zero-order chi connectivity index (χ0) is 16.2. The van der Waals surface area contributed by atoms with Crippen molar-refractivity contribution in [3.8, 4) is 0 Å². The largest absolute Gasteiger partial charge is 0.331 e. The van der Waals surface area contributed by atoms with Crippen molar-refractivity contribution >= 4 is 23.7 Å². The van der Waals surface area contributed by atoms with Crippen LogP contribution in [0.5, 0.6) is 0 Å². The summed E-state index contributed by atoms with van der Waals surface area (Å²) in [6, 6.07) is 19.1. The van der Waals surface area contributed by atoms with Crippen LogP contribution in [0, 0.1) is 0 Å². The SMILES string of the molecule is C[C@@H](NC(=O)N1C(=O)C[C@H]1Sc1ccccc1)c1ccccc1. The van der Waals surface area contributed by atoms with E-state index in [2.05, 4.69) is 5.32 Å². The highest BCUT2D eigenvalue weighted by atomic mass is 32.2. The fraction of sp³-hybridized carbons (Fsp3) is 0.222. The van der Waals surface area contributed by atoms with E-state index in [1.165, 1.54) is 16.7 Å². The molecule has 0 saturated carbocycles. The Morgan fingerprint density at radius 2 is 1.74 bits per heavy atom. The molecule has 0 aromatic heterocycles. The molecule has 4 nitrogen and oxygen atoms in total. The van der Waals surface area contributed by atoms with Crippen molar-refractivity contribution in [3.05, 3.63) is 66.2 Å². The van der Waals surface area contributed by atoms with Crippen molar-refractivity contribution in [2.75, 3.05) is 0 Å². The number of carbonyl (C=O) groups is 2. The molecule has 2 atom stereocenters. The number of nitrogens with one attached hydrogen (secondary N) is 1. The molecular weight excluding hydrogens is 308 g/mol. The predicted octanol–water partition coefficient (Wildman–Crippen LogP) is 3.81. The van der Waals surface area contributed by atoms with Gasteiger partial charge < -0.3 is 5.32 Å². The second-order valence-corrected chi connectivity index (χ2v) is 6.69. The number of nitrogens with zero attached hydrogens (tertiary/aromatic N) is 1. The number of carbonyl (C=O) groups excluding carboxylic acids is 2. The Kier molecular flexibility index (Phi) is 4.67. The summed E-state index contributed by atoms with van der Waals surface area (Å²) in [5.74, 6) is -0.129. The number of β-lactam (4-membered cyclic amide) rings is 1. The number of urea groups is 1. The maximum atomic E-state index is 12.4. The molecule has 2 aromatic carbocycles. The fourth-order valence-corrected chi connectivity index (χ4v) is 3.63. The summed E-state index contributed by atoms with van der Waals surface area (Å²) >= 11 is 1.54. The molecule has 3 rings (SSSR count). The second kappa shape index (κ2) is 6.87. The molecule has 118 valence electrons. The van der Waals surface area contributed by atoms with E-state index >= 15 is 0 Å². The number of amides is 3. The molecule has 1 N–H and O–H groups in total. The minimum absolute atomic E-state index is 0.129. The van der Waals surface area contributed by atoms with E-state index < -0.39 is 0 Å². The zero-order valence-electron chi connectivity index (χ0n) is 12.8. The van der Waals surface area contributed by atoms with Gasteiger partial charge in [-0.3, -0.25) is 9.69 Å². The zero-order valence-corrected chi connectivity index (χ0v) is 13.6. The van der Waals surface area contributed by atoms with Gasteiger partial charge in [0.15, 0.2) is 0 Å². The Morgan fingerprint density at radius 1 is 1.13 bits per heavy atom. The van der Waals surface area contributed by atoms with Gasteiger partial charge in [-0.05, 0) is 24.6 Å². The van der Waals surface area contributed by atoms with Crippen molar-refractivity contribution < 1.29 is 9.59 Å². The Hall–Kier alpha value is -2.27. The van der Waals surface area contributed by atoms with Gasteiger partial charge in [-0.1, -0.05) is 60.3 Å². The van der Waals surface area contributed by atoms with E-state index in [1.807, 2.05) is 67.6 Å². The number of benzene rings is 2. The average Bonchev–Trinajstić information content (AvgIpc) is 2.55. The quantitative estimate of drug-likeness (QED) is 0.869. The average molecular weight is 326 g/mol. The van der Waals surface area contributed by atoms with Gasteiger partial charge in [-0.25, -0.2) is 4.79 Å². The van der Waals surface area contributed by atoms with Gasteiger partial charge in [0, 0.05) is 4.90 Å². The lowest BCUT2D eigenvalue weighted by Gasteiger charge is -2.38. The smallest absolute Gasteiger partial charge is 0.325 e. The number of hydrogen-bond acceptors (Lipinski definition) is 3. The lowest BCUT2D eigenvalue weighted by Crippen LogP contribution is -2.57. The molecule has 0 bridgehead atoms. The number of likely N-dealkylation sites (tertiary alicyclic amines) is 1. The first kappa shape index (κ1) is 15.6. The molecule has 1 saturated heterocycles. The van der Waals surface area contributed by atoms with Crippen LogP contribution >= 0.6 is 11.8 Å². The van der Waals surface area contributed by atoms with Crippen LogP contribution in [0.2, 0.25) is 0 Å². The van der Waals surface area contributed by atoms with Gasteiger partial charge in [0.2, 0.25) is 5.91 Å². The molecule has 3 amide bonds. The summed E-state index contributed by atoms with van der Waals surface area (Å²) in [6.45, 7) is 1.91. The molecule has 0 aliphatic carbocycles. The van der Waals surface area contributed by atoms with Crippen LogP contribution in [0.25, 0.3) is 0 Å². The maximum absolute atomic E-state index is 12.4. The fourth-order valence-electron chi connectivity index (χ4n) is 2.46. The Bertz CT molecular complexity index is 691. The lowest BCUT2D eigenvalue weighted by atomic mass is 10.1. The summed E-state index contributed by atoms with van der Waals surface area (Å²) in [7, 11) is 0. The maximum Gasteiger partial charge on any atom is 0.325 e. The summed E-state index contributed by atoms with van der Waals surface area (Å²) < 4.78 is 0. The summed E-state index contributed by atoms with van der Waals surface area (Å²) in [5.41, 5.74) is 1.01. The van der Waals surface area contributed by atoms with E-state index in [-0.39, 0.29) is 23.4 Å². The van der Waals surface area contributed by atoms with Gasteiger partial charge in [-0.2, -0.15) is 0 Å². The molecule has 0 spiro atoms. The molecule has 1 aliphatic rings. The van der Waals surface area contributed by atoms with Crippen molar-refractivity contribution in [1.82, 2.24) is 10.2 Å². The van der Waals surface area contributed by atoms with E-state index in [9.17, 15) is 9.59 Å². The van der Waals surface area contributed by atoms with Gasteiger partial charge in [0.05, 0.1) is 12.5 Å². The predicted molar refractivity (Wildman–Crippen MR) is 90.9 cm³/mol. The van der Waals surface area contributed by atoms with E-state index in [1.54, 1.807) is 0 Å². The first-order valence-corrected chi connectivity index (χ1v) is 8.42. The van der Waals surface area contributed by atoms with Crippen LogP contribution in [0.3, 0.4) is 0 Å². The van der Waals surface area contributed by atoms with Crippen LogP contribution in [-0.4, -0.2) is 22.2 Å². The van der Waals surface area contributed by atoms with Gasteiger partial charge in [0.25, 0.3) is 0 Å². The van der Waals surface area contributed by atoms with E-state index in [0.29, 0.717) is 6.42 Å². The third kappa shape index (κ3) is 3.56. The Labute approximate surface area is 139 Å². The van der Waals surface area contributed by atoms with Gasteiger partial charge >= 0.3 is 6.03 Å². The van der Waals surface area contributed by atoms with E-state index in [0.717, 1.165) is 10.5 Å². The van der Waals surface area contributed by atoms with Crippen LogP contribution in [0.1, 0.15) is 24.9 Å². The molecule has 23 heavy (non-hydrogen) atoms. The number of imide groups is 1. The van der Waals surface area contributed by atoms with Gasteiger partial charge in [0.1, 0.15) is 5.37 Å². The van der Waals surface area contributed by atoms with Crippen molar-refractivity contribution in [1.29, 1.82) is 0 Å². The van der Waals surface area contributed by atoms with Crippen molar-refractivity contribution in [2.45, 2.75) is 29.7 Å². The monoisotopic (exact) mass is 326 g/mol. The van der Waals surface area contributed by atoms with Gasteiger partial charge in [-0.15, -0.1) is 0 Å². The highest BCUT2D eigenvalue weighted by Gasteiger charge is 2.41. The highest BCUT2D eigenvalue weighted by molar-refractivity contribution is 8.00. The summed E-state index contributed by atoms with van der Waals surface area (Å²) in [5, 5.41) is 2.77. The molecule has 2 aromatic rings. The number of rotatable bonds is 4. The third-order valence-electron chi connectivity index (χ3n) is 3.78. The molecule has 1 fully saturated rings. The van der Waals surface area contributed by atoms with Crippen molar-refractivity contribution in [2.24, 2.45) is 0 Å². The molecule has 1 heterocycles. The number of thioether (sulfide) groups is 1. The summed E-state index contributed by atoms with van der Waals surface area (Å²) in [6.07, 6.45) is 0.396. The number of hydrogen-bond donors (Lipinski definition) is 1. The third-order valence-corrected chi connectivity index (χ3v) is 4.97. The topological polar surface area (TPSA) is 49.4 Å². The molecule has 5 heteroatoms. The standard InChI is InChI=1S/C18H18N2O2S/c1-13(14-8-4-2-5-9-14)19-18(22)20-16(21)12-17(20)23-15-10-6-3-7-11-15/h2-11,13,17H,12H2,1H3,(H,19,22)/t13-,17-/m1/s1. The lowest BCUT2D eigenvalue weighted by molar-refractivity contribution is -0.137. The molecule has 0 unspecified atom stereocenters. The Morgan fingerprint density at radius 3 is 2.35 bits per heavy atom. The van der Waals surface area contributed by atoms with E-state index in [4.69, 9.17) is 0 Å². The van der Waals surface area contributed by atoms with Crippen LogP contribution in [0.4, 0.5) is 4.79 Å². The minimum atomic E-state index is -0.328. The Balaban J connectivity index is 1.62. The minimum Gasteiger partial charge on any atom is -0.331 e. The molecule has 0 radical (unpaired) electrons. The van der Waals surface area contributed by atoms with Crippen LogP contribution < -0.4 is 5.32 Å². The van der Waals surface area contributed by atoms with Crippen LogP contribution in [0.15, 0.2) is 65.6 Å².